The van der Waals surface area contributed by atoms with Gasteiger partial charge in [0.15, 0.2) is 5.16 Å². The first kappa shape index (κ1) is 12.1. The maximum absolute atomic E-state index is 5.82. The summed E-state index contributed by atoms with van der Waals surface area (Å²) in [6.07, 6.45) is 2.53. The molecule has 1 aromatic heterocycles. The molecule has 0 atom stereocenters. The van der Waals surface area contributed by atoms with Gasteiger partial charge in [0.25, 0.3) is 0 Å². The number of nitrogen functional groups attached to an aromatic ring is 1. The zero-order valence-corrected chi connectivity index (χ0v) is 10.8. The van der Waals surface area contributed by atoms with Crippen LogP contribution in [0.1, 0.15) is 11.4 Å². The molecule has 88 valence electrons. The molecule has 0 aliphatic rings. The molecule has 0 spiro atoms. The molecule has 0 fully saturated rings. The summed E-state index contributed by atoms with van der Waals surface area (Å²) in [6, 6.07) is 7.58. The molecule has 0 bridgehead atoms. The number of halogens is 1. The number of aromatic nitrogens is 3. The van der Waals surface area contributed by atoms with Gasteiger partial charge in [-0.2, -0.15) is 9.97 Å². The maximum Gasteiger partial charge on any atom is 0.224 e. The van der Waals surface area contributed by atoms with Crippen LogP contribution in [0.3, 0.4) is 0 Å². The van der Waals surface area contributed by atoms with Crippen molar-refractivity contribution in [2.75, 3.05) is 12.0 Å². The summed E-state index contributed by atoms with van der Waals surface area (Å²) < 4.78 is 0. The van der Waals surface area contributed by atoms with Crippen LogP contribution in [0.25, 0.3) is 0 Å². The van der Waals surface area contributed by atoms with E-state index in [2.05, 4.69) is 15.0 Å². The molecule has 2 rings (SSSR count). The summed E-state index contributed by atoms with van der Waals surface area (Å²) in [5.41, 5.74) is 6.71. The molecule has 0 aliphatic carbocycles. The Kier molecular flexibility index (Phi) is 3.81. The summed E-state index contributed by atoms with van der Waals surface area (Å²) >= 11 is 7.27. The first-order valence-corrected chi connectivity index (χ1v) is 6.56. The third-order valence-electron chi connectivity index (χ3n) is 2.14. The van der Waals surface area contributed by atoms with Gasteiger partial charge in [0.05, 0.1) is 0 Å². The lowest BCUT2D eigenvalue weighted by atomic mass is 10.1. The lowest BCUT2D eigenvalue weighted by Gasteiger charge is -2.03. The van der Waals surface area contributed by atoms with Gasteiger partial charge in [0.2, 0.25) is 5.95 Å². The number of hydrogen-bond acceptors (Lipinski definition) is 5. The number of nitrogens with zero attached hydrogens (tertiary/aromatic N) is 3. The lowest BCUT2D eigenvalue weighted by molar-refractivity contribution is 0.839. The molecule has 0 radical (unpaired) electrons. The Balaban J connectivity index is 2.23. The SMILES string of the molecule is CSc1nc(N)nc(Cc2ccc(Cl)cc2)n1. The Morgan fingerprint density at radius 2 is 1.88 bits per heavy atom. The average Bonchev–Trinajstić information content (AvgIpc) is 2.31. The van der Waals surface area contributed by atoms with Crippen LogP contribution >= 0.6 is 23.4 Å². The van der Waals surface area contributed by atoms with Crippen molar-refractivity contribution >= 4 is 29.3 Å². The maximum atomic E-state index is 5.82. The predicted octanol–water partition coefficient (Wildman–Crippen LogP) is 2.42. The van der Waals surface area contributed by atoms with Crippen LogP contribution in [-0.2, 0) is 6.42 Å². The molecule has 0 unspecified atom stereocenters. The molecule has 6 heteroatoms. The highest BCUT2D eigenvalue weighted by Gasteiger charge is 2.04. The summed E-state index contributed by atoms with van der Waals surface area (Å²) in [5.74, 6) is 0.928. The van der Waals surface area contributed by atoms with Crippen LogP contribution in [0, 0.1) is 0 Å². The largest absolute Gasteiger partial charge is 0.368 e. The molecule has 1 aromatic carbocycles. The van der Waals surface area contributed by atoms with E-state index in [9.17, 15) is 0 Å². The number of thioether (sulfide) groups is 1. The predicted molar refractivity (Wildman–Crippen MR) is 70.3 cm³/mol. The van der Waals surface area contributed by atoms with E-state index in [-0.39, 0.29) is 5.95 Å². The minimum atomic E-state index is 0.258. The molecule has 2 N–H and O–H groups in total. The highest BCUT2D eigenvalue weighted by Crippen LogP contribution is 2.14. The number of hydrogen-bond donors (Lipinski definition) is 1. The van der Waals surface area contributed by atoms with E-state index in [0.29, 0.717) is 22.4 Å². The number of anilines is 1. The smallest absolute Gasteiger partial charge is 0.224 e. The first-order chi connectivity index (χ1) is 8.17. The molecule has 4 nitrogen and oxygen atoms in total. The van der Waals surface area contributed by atoms with Crippen LogP contribution in [0.15, 0.2) is 29.4 Å². The van der Waals surface area contributed by atoms with Crippen molar-refractivity contribution in [1.82, 2.24) is 15.0 Å². The molecular formula is C11H11ClN4S. The minimum absolute atomic E-state index is 0.258. The van der Waals surface area contributed by atoms with Crippen molar-refractivity contribution in [3.05, 3.63) is 40.7 Å². The summed E-state index contributed by atoms with van der Waals surface area (Å²) in [5, 5.41) is 1.36. The topological polar surface area (TPSA) is 64.7 Å². The van der Waals surface area contributed by atoms with Crippen LogP contribution in [0.2, 0.25) is 5.02 Å². The van der Waals surface area contributed by atoms with Crippen molar-refractivity contribution in [3.8, 4) is 0 Å². The molecule has 0 saturated heterocycles. The van der Waals surface area contributed by atoms with Gasteiger partial charge < -0.3 is 5.73 Å². The highest BCUT2D eigenvalue weighted by molar-refractivity contribution is 7.98. The Morgan fingerprint density at radius 1 is 1.18 bits per heavy atom. The molecule has 0 amide bonds. The van der Waals surface area contributed by atoms with Gasteiger partial charge in [0.1, 0.15) is 5.82 Å². The van der Waals surface area contributed by atoms with Crippen molar-refractivity contribution in [2.24, 2.45) is 0 Å². The van der Waals surface area contributed by atoms with E-state index in [1.807, 2.05) is 30.5 Å². The zero-order valence-electron chi connectivity index (χ0n) is 9.22. The van der Waals surface area contributed by atoms with E-state index in [1.165, 1.54) is 11.8 Å². The molecule has 0 aliphatic heterocycles. The molecular weight excluding hydrogens is 256 g/mol. The van der Waals surface area contributed by atoms with E-state index < -0.39 is 0 Å². The Bertz CT molecular complexity index is 515. The minimum Gasteiger partial charge on any atom is -0.368 e. The number of benzene rings is 1. The standard InChI is InChI=1S/C11H11ClN4S/c1-17-11-15-9(14-10(13)16-11)6-7-2-4-8(12)5-3-7/h2-5H,6H2,1H3,(H2,13,14,15,16). The Labute approximate surface area is 109 Å². The molecule has 2 aromatic rings. The number of nitrogens with two attached hydrogens (primary N) is 1. The molecule has 1 heterocycles. The van der Waals surface area contributed by atoms with Crippen LogP contribution in [0.4, 0.5) is 5.95 Å². The third-order valence-corrected chi connectivity index (χ3v) is 2.94. The fourth-order valence-corrected chi connectivity index (χ4v) is 1.88. The van der Waals surface area contributed by atoms with Gasteiger partial charge in [-0.3, -0.25) is 0 Å². The van der Waals surface area contributed by atoms with E-state index in [0.717, 1.165) is 5.56 Å². The van der Waals surface area contributed by atoms with Crippen molar-refractivity contribution < 1.29 is 0 Å². The van der Waals surface area contributed by atoms with Crippen molar-refractivity contribution in [3.63, 3.8) is 0 Å². The van der Waals surface area contributed by atoms with E-state index in [4.69, 9.17) is 17.3 Å². The zero-order chi connectivity index (χ0) is 12.3. The normalized spacial score (nSPS) is 10.5. The van der Waals surface area contributed by atoms with Gasteiger partial charge in [-0.25, -0.2) is 4.98 Å². The van der Waals surface area contributed by atoms with Gasteiger partial charge in [0, 0.05) is 11.4 Å². The quantitative estimate of drug-likeness (QED) is 0.865. The lowest BCUT2D eigenvalue weighted by Crippen LogP contribution is -2.04. The monoisotopic (exact) mass is 266 g/mol. The first-order valence-electron chi connectivity index (χ1n) is 4.96. The Morgan fingerprint density at radius 3 is 2.53 bits per heavy atom. The fourth-order valence-electron chi connectivity index (χ4n) is 1.37. The second-order valence-electron chi connectivity index (χ2n) is 3.40. The van der Waals surface area contributed by atoms with Gasteiger partial charge >= 0.3 is 0 Å². The van der Waals surface area contributed by atoms with Crippen LogP contribution < -0.4 is 5.73 Å². The fraction of sp³-hybridized carbons (Fsp3) is 0.182. The van der Waals surface area contributed by atoms with E-state index in [1.54, 1.807) is 0 Å². The van der Waals surface area contributed by atoms with Gasteiger partial charge in [-0.05, 0) is 24.0 Å². The van der Waals surface area contributed by atoms with E-state index >= 15 is 0 Å². The van der Waals surface area contributed by atoms with Crippen molar-refractivity contribution in [2.45, 2.75) is 11.6 Å². The van der Waals surface area contributed by atoms with Crippen molar-refractivity contribution in [1.29, 1.82) is 0 Å². The Hall–Kier alpha value is -1.33. The highest BCUT2D eigenvalue weighted by atomic mass is 35.5. The van der Waals surface area contributed by atoms with Crippen LogP contribution in [-0.4, -0.2) is 21.2 Å². The average molecular weight is 267 g/mol. The molecule has 0 saturated carbocycles. The third kappa shape index (κ3) is 3.31. The summed E-state index contributed by atoms with van der Waals surface area (Å²) in [7, 11) is 0. The van der Waals surface area contributed by atoms with Gasteiger partial charge in [-0.1, -0.05) is 35.5 Å². The van der Waals surface area contributed by atoms with Gasteiger partial charge in [-0.15, -0.1) is 0 Å². The van der Waals surface area contributed by atoms with Crippen LogP contribution in [0.5, 0.6) is 0 Å². The molecule has 17 heavy (non-hydrogen) atoms. The second-order valence-corrected chi connectivity index (χ2v) is 4.61. The number of rotatable bonds is 3. The second kappa shape index (κ2) is 5.33. The summed E-state index contributed by atoms with van der Waals surface area (Å²) in [6.45, 7) is 0. The summed E-state index contributed by atoms with van der Waals surface area (Å²) in [4.78, 5) is 12.4.